The molecule has 2 aromatic rings. The molecular weight excluding hydrogens is 240 g/mol. The molecule has 104 valence electrons. The highest BCUT2D eigenvalue weighted by molar-refractivity contribution is 5.10. The average Bonchev–Trinajstić information content (AvgIpc) is 3.01. The lowest BCUT2D eigenvalue weighted by Gasteiger charge is -2.13. The lowest BCUT2D eigenvalue weighted by Crippen LogP contribution is -2.22. The molecule has 6 heteroatoms. The lowest BCUT2D eigenvalue weighted by molar-refractivity contribution is 0.502. The number of nitrogens with zero attached hydrogens (tertiary/aromatic N) is 5. The standard InChI is InChI=1S/C13H22N6/c1-5-11-7-12(19(6-2)17-11)8-14-10(3)13-16-15-9-18(13)4/h7,9-10,14H,5-6,8H2,1-4H3. The molecule has 1 atom stereocenters. The Hall–Kier alpha value is -1.69. The molecule has 1 N–H and O–H groups in total. The third-order valence-electron chi connectivity index (χ3n) is 3.30. The molecule has 1 unspecified atom stereocenters. The van der Waals surface area contributed by atoms with Gasteiger partial charge in [-0.1, -0.05) is 6.92 Å². The van der Waals surface area contributed by atoms with Crippen molar-refractivity contribution in [2.75, 3.05) is 0 Å². The van der Waals surface area contributed by atoms with Gasteiger partial charge in [0, 0.05) is 20.1 Å². The topological polar surface area (TPSA) is 60.6 Å². The molecule has 0 saturated heterocycles. The van der Waals surface area contributed by atoms with Gasteiger partial charge in [-0.2, -0.15) is 5.10 Å². The van der Waals surface area contributed by atoms with Gasteiger partial charge in [-0.3, -0.25) is 4.68 Å². The molecule has 0 bridgehead atoms. The van der Waals surface area contributed by atoms with Gasteiger partial charge in [-0.25, -0.2) is 0 Å². The van der Waals surface area contributed by atoms with Crippen LogP contribution in [0.4, 0.5) is 0 Å². The quantitative estimate of drug-likeness (QED) is 0.856. The third-order valence-corrected chi connectivity index (χ3v) is 3.30. The highest BCUT2D eigenvalue weighted by Gasteiger charge is 2.12. The van der Waals surface area contributed by atoms with E-state index in [-0.39, 0.29) is 6.04 Å². The fraction of sp³-hybridized carbons (Fsp3) is 0.615. The van der Waals surface area contributed by atoms with Gasteiger partial charge >= 0.3 is 0 Å². The Balaban J connectivity index is 2.02. The molecule has 0 saturated carbocycles. The van der Waals surface area contributed by atoms with Gasteiger partial charge in [0.1, 0.15) is 12.2 Å². The molecule has 2 heterocycles. The Morgan fingerprint density at radius 2 is 2.16 bits per heavy atom. The number of rotatable bonds is 6. The Labute approximate surface area is 113 Å². The van der Waals surface area contributed by atoms with Crippen molar-refractivity contribution < 1.29 is 0 Å². The van der Waals surface area contributed by atoms with Gasteiger partial charge in [0.2, 0.25) is 0 Å². The summed E-state index contributed by atoms with van der Waals surface area (Å²) in [5, 5.41) is 16.0. The van der Waals surface area contributed by atoms with E-state index in [0.29, 0.717) is 0 Å². The van der Waals surface area contributed by atoms with Crippen LogP contribution in [0.3, 0.4) is 0 Å². The molecule has 0 fully saturated rings. The van der Waals surface area contributed by atoms with Crippen molar-refractivity contribution in [1.82, 2.24) is 29.9 Å². The van der Waals surface area contributed by atoms with E-state index >= 15 is 0 Å². The maximum atomic E-state index is 4.55. The van der Waals surface area contributed by atoms with Gasteiger partial charge in [0.15, 0.2) is 0 Å². The van der Waals surface area contributed by atoms with E-state index in [4.69, 9.17) is 0 Å². The third kappa shape index (κ3) is 3.01. The minimum absolute atomic E-state index is 0.165. The Morgan fingerprint density at radius 1 is 1.37 bits per heavy atom. The summed E-state index contributed by atoms with van der Waals surface area (Å²) in [5.41, 5.74) is 2.36. The fourth-order valence-corrected chi connectivity index (χ4v) is 2.14. The molecule has 0 radical (unpaired) electrons. The zero-order valence-corrected chi connectivity index (χ0v) is 12.1. The molecule has 0 aliphatic heterocycles. The van der Waals surface area contributed by atoms with Gasteiger partial charge in [0.25, 0.3) is 0 Å². The van der Waals surface area contributed by atoms with Crippen molar-refractivity contribution >= 4 is 0 Å². The van der Waals surface area contributed by atoms with Crippen LogP contribution in [0.1, 0.15) is 44.0 Å². The van der Waals surface area contributed by atoms with Crippen LogP contribution in [0.25, 0.3) is 0 Å². The number of nitrogens with one attached hydrogen (secondary N) is 1. The van der Waals surface area contributed by atoms with Crippen LogP contribution in [0, 0.1) is 0 Å². The lowest BCUT2D eigenvalue weighted by atomic mass is 10.2. The predicted molar refractivity (Wildman–Crippen MR) is 73.5 cm³/mol. The molecule has 0 aliphatic rings. The number of aryl methyl sites for hydroxylation is 3. The van der Waals surface area contributed by atoms with E-state index in [2.05, 4.69) is 52.1 Å². The summed E-state index contributed by atoms with van der Waals surface area (Å²) in [5.74, 6) is 0.943. The monoisotopic (exact) mass is 262 g/mol. The number of aromatic nitrogens is 5. The van der Waals surface area contributed by atoms with E-state index in [9.17, 15) is 0 Å². The zero-order chi connectivity index (χ0) is 13.8. The molecule has 0 spiro atoms. The zero-order valence-electron chi connectivity index (χ0n) is 12.1. The van der Waals surface area contributed by atoms with E-state index in [1.165, 1.54) is 5.69 Å². The average molecular weight is 262 g/mol. The van der Waals surface area contributed by atoms with E-state index in [1.54, 1.807) is 6.33 Å². The molecule has 2 rings (SSSR count). The second kappa shape index (κ2) is 5.97. The number of hydrogen-bond donors (Lipinski definition) is 1. The Bertz CT molecular complexity index is 527. The van der Waals surface area contributed by atoms with Crippen molar-refractivity contribution in [2.45, 2.75) is 46.3 Å². The number of hydrogen-bond acceptors (Lipinski definition) is 4. The molecule has 19 heavy (non-hydrogen) atoms. The van der Waals surface area contributed by atoms with Crippen LogP contribution in [0.15, 0.2) is 12.4 Å². The predicted octanol–water partition coefficient (Wildman–Crippen LogP) is 1.44. The molecule has 2 aromatic heterocycles. The van der Waals surface area contributed by atoms with E-state index in [0.717, 1.165) is 31.0 Å². The van der Waals surface area contributed by atoms with Crippen molar-refractivity contribution in [3.8, 4) is 0 Å². The van der Waals surface area contributed by atoms with Crippen LogP contribution in [-0.2, 0) is 26.6 Å². The van der Waals surface area contributed by atoms with Crippen LogP contribution in [-0.4, -0.2) is 24.5 Å². The van der Waals surface area contributed by atoms with Crippen molar-refractivity contribution in [3.05, 3.63) is 29.6 Å². The SMILES string of the molecule is CCc1cc(CNC(C)c2nncn2C)n(CC)n1. The van der Waals surface area contributed by atoms with Crippen LogP contribution in [0.5, 0.6) is 0 Å². The van der Waals surface area contributed by atoms with Crippen LogP contribution in [0.2, 0.25) is 0 Å². The molecule has 0 aromatic carbocycles. The normalized spacial score (nSPS) is 12.8. The first-order valence-electron chi connectivity index (χ1n) is 6.78. The molecule has 0 aliphatic carbocycles. The first kappa shape index (κ1) is 13.7. The first-order chi connectivity index (χ1) is 9.15. The highest BCUT2D eigenvalue weighted by Crippen LogP contribution is 2.10. The molecular formula is C13H22N6. The summed E-state index contributed by atoms with van der Waals surface area (Å²) >= 11 is 0. The van der Waals surface area contributed by atoms with E-state index < -0.39 is 0 Å². The van der Waals surface area contributed by atoms with Crippen molar-refractivity contribution in [3.63, 3.8) is 0 Å². The Morgan fingerprint density at radius 3 is 2.74 bits per heavy atom. The summed E-state index contributed by atoms with van der Waals surface area (Å²) in [6.07, 6.45) is 2.69. The Kier molecular flexibility index (Phi) is 4.31. The maximum Gasteiger partial charge on any atom is 0.149 e. The van der Waals surface area contributed by atoms with Crippen molar-refractivity contribution in [1.29, 1.82) is 0 Å². The first-order valence-corrected chi connectivity index (χ1v) is 6.78. The highest BCUT2D eigenvalue weighted by atomic mass is 15.3. The second-order valence-electron chi connectivity index (χ2n) is 4.70. The van der Waals surface area contributed by atoms with E-state index in [1.807, 2.05) is 11.6 Å². The fourth-order valence-electron chi connectivity index (χ4n) is 2.14. The van der Waals surface area contributed by atoms with Gasteiger partial charge in [0.05, 0.1) is 17.4 Å². The summed E-state index contributed by atoms with van der Waals surface area (Å²) in [6, 6.07) is 2.33. The van der Waals surface area contributed by atoms with Crippen LogP contribution < -0.4 is 5.32 Å². The summed E-state index contributed by atoms with van der Waals surface area (Å²) in [7, 11) is 1.96. The minimum atomic E-state index is 0.165. The maximum absolute atomic E-state index is 4.55. The van der Waals surface area contributed by atoms with Gasteiger partial charge < -0.3 is 9.88 Å². The second-order valence-corrected chi connectivity index (χ2v) is 4.70. The van der Waals surface area contributed by atoms with Gasteiger partial charge in [-0.15, -0.1) is 10.2 Å². The van der Waals surface area contributed by atoms with Crippen molar-refractivity contribution in [2.24, 2.45) is 7.05 Å². The smallest absolute Gasteiger partial charge is 0.149 e. The molecule has 6 nitrogen and oxygen atoms in total. The van der Waals surface area contributed by atoms with Crippen LogP contribution >= 0.6 is 0 Å². The summed E-state index contributed by atoms with van der Waals surface area (Å²) in [4.78, 5) is 0. The summed E-state index contributed by atoms with van der Waals surface area (Å²) < 4.78 is 3.99. The summed E-state index contributed by atoms with van der Waals surface area (Å²) in [6.45, 7) is 8.02. The minimum Gasteiger partial charge on any atom is -0.319 e. The van der Waals surface area contributed by atoms with Gasteiger partial charge in [-0.05, 0) is 26.3 Å². The molecule has 0 amide bonds. The largest absolute Gasteiger partial charge is 0.319 e.